The van der Waals surface area contributed by atoms with Gasteiger partial charge in [0.05, 0.1) is 30.2 Å². The summed E-state index contributed by atoms with van der Waals surface area (Å²) in [5, 5.41) is 14.8. The number of aromatic hydroxyl groups is 1. The zero-order valence-electron chi connectivity index (χ0n) is 42.8. The molecular weight excluding hydrogens is 943 g/mol. The third kappa shape index (κ3) is 9.21. The smallest absolute Gasteiger partial charge is 0.319 e. The van der Waals surface area contributed by atoms with Crippen LogP contribution in [-0.2, 0) is 27.3 Å². The second-order valence-corrected chi connectivity index (χ2v) is 23.1. The topological polar surface area (TPSA) is 154 Å². The highest BCUT2D eigenvalue weighted by atomic mass is 19.1. The summed E-state index contributed by atoms with van der Waals surface area (Å²) in [5.41, 5.74) is 3.79. The van der Waals surface area contributed by atoms with E-state index >= 15 is 8.78 Å². The number of hydrogen-bond acceptors (Lipinski definition) is 13. The predicted molar refractivity (Wildman–Crippen MR) is 277 cm³/mol. The Bertz CT molecular complexity index is 3010. The van der Waals surface area contributed by atoms with Gasteiger partial charge in [-0.1, -0.05) is 31.2 Å². The molecule has 7 fully saturated rings. The molecule has 5 aromatic rings. The summed E-state index contributed by atoms with van der Waals surface area (Å²) in [6.45, 7) is 9.97. The van der Waals surface area contributed by atoms with E-state index in [-0.39, 0.29) is 45.8 Å². The van der Waals surface area contributed by atoms with Gasteiger partial charge in [-0.25, -0.2) is 8.78 Å². The highest BCUT2D eigenvalue weighted by Crippen LogP contribution is 2.54. The van der Waals surface area contributed by atoms with Crippen molar-refractivity contribution < 1.29 is 37.7 Å². The van der Waals surface area contributed by atoms with Crippen molar-refractivity contribution in [2.24, 2.45) is 10.8 Å². The zero-order valence-corrected chi connectivity index (χ0v) is 42.8. The Balaban J connectivity index is 0.690. The van der Waals surface area contributed by atoms with E-state index in [4.69, 9.17) is 19.4 Å². The van der Waals surface area contributed by atoms with Crippen molar-refractivity contribution in [1.82, 2.24) is 35.0 Å². The minimum atomic E-state index is -0.670. The molecule has 16 heteroatoms. The second-order valence-electron chi connectivity index (χ2n) is 23.1. The number of carbonyl (C=O) groups excluding carboxylic acids is 3. The minimum Gasteiger partial charge on any atom is -0.508 e. The molecule has 12 rings (SSSR count). The Morgan fingerprint density at radius 3 is 2.47 bits per heavy atom. The average Bonchev–Trinajstić information content (AvgIpc) is 4.16. The van der Waals surface area contributed by atoms with Gasteiger partial charge in [-0.05, 0) is 167 Å². The molecule has 74 heavy (non-hydrogen) atoms. The fraction of sp³-hybridized carbons (Fsp3) is 0.552. The van der Waals surface area contributed by atoms with E-state index in [1.165, 1.54) is 43.4 Å². The molecule has 2 spiro atoms. The zero-order chi connectivity index (χ0) is 50.9. The maximum absolute atomic E-state index is 17.3. The maximum Gasteiger partial charge on any atom is 0.319 e. The number of hydrogen-bond donors (Lipinski definition) is 2. The predicted octanol–water partition coefficient (Wildman–Crippen LogP) is 8.48. The molecule has 7 aliphatic rings. The molecule has 2 unspecified atom stereocenters. The number of phenolic OH excluding ortho intramolecular Hbond substituents is 1. The number of ether oxygens (including phenoxy) is 2. The molecule has 2 aromatic heterocycles. The number of rotatable bonds is 14. The maximum atomic E-state index is 17.3. The lowest BCUT2D eigenvalue weighted by Gasteiger charge is -2.56. The Morgan fingerprint density at radius 1 is 0.959 bits per heavy atom. The third-order valence-electron chi connectivity index (χ3n) is 18.5. The SMILES string of the molecule is CCc1c(F)ccc2cc(O)cc(-c3ncc4c(N5CCCC6(CCO6)C5)nc(OCC5(CN6CCC7(CC6)CC(N6CCC(c8cccc(C=O)c8CN(C)C8CCC(=O)NC8=O)CC6)C7)CC5)nc4c3F)c12. The third-order valence-corrected chi connectivity index (χ3v) is 18.5. The van der Waals surface area contributed by atoms with Crippen molar-refractivity contribution in [3.63, 3.8) is 0 Å². The van der Waals surface area contributed by atoms with E-state index in [0.717, 1.165) is 103 Å². The van der Waals surface area contributed by atoms with Crippen LogP contribution in [0.25, 0.3) is 32.9 Å². The molecule has 3 aromatic carbocycles. The molecular formula is C58H68F2N8O6. The van der Waals surface area contributed by atoms with Crippen LogP contribution in [0.15, 0.2) is 48.7 Å². The Kier molecular flexibility index (Phi) is 12.9. The van der Waals surface area contributed by atoms with Gasteiger partial charge in [0, 0.05) is 67.8 Å². The monoisotopic (exact) mass is 1010 g/mol. The van der Waals surface area contributed by atoms with Gasteiger partial charge in [0.2, 0.25) is 11.8 Å². The van der Waals surface area contributed by atoms with E-state index in [1.807, 2.05) is 31.0 Å². The molecule has 2 atom stereocenters. The minimum absolute atomic E-state index is 0.0161. The number of imide groups is 1. The number of likely N-dealkylation sites (tertiary alicyclic amines) is 2. The number of benzene rings is 3. The number of likely N-dealkylation sites (N-methyl/N-ethyl adjacent to an activating group) is 1. The van der Waals surface area contributed by atoms with Crippen LogP contribution >= 0.6 is 0 Å². The summed E-state index contributed by atoms with van der Waals surface area (Å²) in [6.07, 6.45) is 15.6. The number of nitrogens with zero attached hydrogens (tertiary/aromatic N) is 7. The number of carbonyl (C=O) groups is 3. The molecule has 5 aliphatic heterocycles. The van der Waals surface area contributed by atoms with Crippen molar-refractivity contribution in [2.45, 2.75) is 127 Å². The van der Waals surface area contributed by atoms with E-state index in [2.05, 4.69) is 31.1 Å². The van der Waals surface area contributed by atoms with Crippen LogP contribution in [0.4, 0.5) is 14.6 Å². The number of anilines is 1. The van der Waals surface area contributed by atoms with E-state index < -0.39 is 17.7 Å². The van der Waals surface area contributed by atoms with Crippen LogP contribution in [0, 0.1) is 22.5 Å². The first-order chi connectivity index (χ1) is 35.8. The molecule has 0 radical (unpaired) electrons. The number of aromatic nitrogens is 3. The molecule has 7 heterocycles. The first-order valence-electron chi connectivity index (χ1n) is 27.2. The highest BCUT2D eigenvalue weighted by Gasteiger charge is 2.51. The first kappa shape index (κ1) is 49.2. The van der Waals surface area contributed by atoms with Crippen LogP contribution in [0.1, 0.15) is 123 Å². The molecule has 2 aliphatic carbocycles. The number of halogens is 2. The van der Waals surface area contributed by atoms with Crippen molar-refractivity contribution in [1.29, 1.82) is 0 Å². The molecule has 0 bridgehead atoms. The van der Waals surface area contributed by atoms with Crippen LogP contribution < -0.4 is 15.0 Å². The Labute approximate surface area is 431 Å². The van der Waals surface area contributed by atoms with Gasteiger partial charge in [0.15, 0.2) is 5.82 Å². The number of piperidine rings is 4. The van der Waals surface area contributed by atoms with E-state index in [1.54, 1.807) is 18.3 Å². The number of aldehydes is 1. The lowest BCUT2D eigenvalue weighted by molar-refractivity contribution is -0.151. The number of fused-ring (bicyclic) bond motifs is 2. The molecule has 2 saturated carbocycles. The number of phenols is 1. The van der Waals surface area contributed by atoms with Crippen molar-refractivity contribution in [2.75, 3.05) is 71.0 Å². The van der Waals surface area contributed by atoms with Gasteiger partial charge in [-0.15, -0.1) is 0 Å². The summed E-state index contributed by atoms with van der Waals surface area (Å²) in [6, 6.07) is 12.3. The van der Waals surface area contributed by atoms with Crippen molar-refractivity contribution in [3.05, 3.63) is 82.5 Å². The number of pyridine rings is 1. The van der Waals surface area contributed by atoms with E-state index in [9.17, 15) is 19.5 Å². The standard InChI is InChI=1S/C58H68F2N8O6/c1-3-41-46(59)9-8-37-26-40(70)27-43(49(37)41)51-50(60)52-44(30-61-51)53(68-20-5-14-58(34-68)19-25-74-58)64-55(63-52)73-35-57(15-16-57)33-66-23-17-56(18-24-66)28-39(29-56)67-21-12-36(13-22-67)42-7-4-6-38(32-69)45(42)31-65(2)47-10-11-48(71)62-54(47)72/h4,6-9,26-27,30,32,36,39,47,70H,3,5,10-25,28-29,31,33-35H2,1-2H3,(H,62,71,72). The Morgan fingerprint density at radius 2 is 1.76 bits per heavy atom. The Hall–Kier alpha value is -5.68. The quantitative estimate of drug-likeness (QED) is 0.0809. The van der Waals surface area contributed by atoms with Crippen molar-refractivity contribution >= 4 is 45.6 Å². The molecule has 2 N–H and O–H groups in total. The summed E-state index contributed by atoms with van der Waals surface area (Å²) in [4.78, 5) is 60.7. The summed E-state index contributed by atoms with van der Waals surface area (Å²) in [5.74, 6) is -0.710. The first-order valence-corrected chi connectivity index (χ1v) is 27.2. The second kappa shape index (κ2) is 19.5. The fourth-order valence-electron chi connectivity index (χ4n) is 13.9. The van der Waals surface area contributed by atoms with Crippen molar-refractivity contribution in [3.8, 4) is 23.0 Å². The van der Waals surface area contributed by atoms with Gasteiger partial charge in [-0.2, -0.15) is 9.97 Å². The number of nitrogens with one attached hydrogen (secondary N) is 1. The number of aryl methyl sites for hydroxylation is 1. The lowest BCUT2D eigenvalue weighted by Crippen LogP contribution is -2.56. The summed E-state index contributed by atoms with van der Waals surface area (Å²) in [7, 11) is 1.91. The largest absolute Gasteiger partial charge is 0.508 e. The van der Waals surface area contributed by atoms with Gasteiger partial charge in [0.1, 0.15) is 34.9 Å². The van der Waals surface area contributed by atoms with Crippen LogP contribution in [0.5, 0.6) is 11.8 Å². The van der Waals surface area contributed by atoms with Gasteiger partial charge in [-0.3, -0.25) is 29.6 Å². The van der Waals surface area contributed by atoms with Crippen LogP contribution in [0.3, 0.4) is 0 Å². The molecule has 2 amide bonds. The highest BCUT2D eigenvalue weighted by molar-refractivity contribution is 6.02. The normalized spacial score (nSPS) is 24.4. The number of amides is 2. The molecule has 5 saturated heterocycles. The van der Waals surface area contributed by atoms with E-state index in [0.29, 0.717) is 95.0 Å². The summed E-state index contributed by atoms with van der Waals surface area (Å²) < 4.78 is 45.2. The molecule has 14 nitrogen and oxygen atoms in total. The lowest BCUT2D eigenvalue weighted by atomic mass is 9.59. The summed E-state index contributed by atoms with van der Waals surface area (Å²) >= 11 is 0. The van der Waals surface area contributed by atoms with Crippen LogP contribution in [0.2, 0.25) is 0 Å². The molecule has 390 valence electrons. The van der Waals surface area contributed by atoms with Crippen LogP contribution in [-0.4, -0.2) is 137 Å². The average molecular weight is 1010 g/mol. The van der Waals surface area contributed by atoms with Gasteiger partial charge in [0.25, 0.3) is 0 Å². The van der Waals surface area contributed by atoms with Gasteiger partial charge < -0.3 is 29.3 Å². The van der Waals surface area contributed by atoms with Gasteiger partial charge >= 0.3 is 6.01 Å². The fourth-order valence-corrected chi connectivity index (χ4v) is 13.9.